The summed E-state index contributed by atoms with van der Waals surface area (Å²) in [5.74, 6) is -0.368. The number of anilines is 2. The number of nitrogen functional groups attached to an aromatic ring is 1. The van der Waals surface area contributed by atoms with Crippen molar-refractivity contribution in [1.82, 2.24) is 8.87 Å². The van der Waals surface area contributed by atoms with Crippen LogP contribution in [0, 0.1) is 0 Å². The fourth-order valence-electron chi connectivity index (χ4n) is 3.79. The molecule has 0 spiro atoms. The highest BCUT2D eigenvalue weighted by molar-refractivity contribution is 7.90. The minimum absolute atomic E-state index is 0.237. The van der Waals surface area contributed by atoms with Crippen molar-refractivity contribution < 1.29 is 13.2 Å². The Kier molecular flexibility index (Phi) is 7.38. The van der Waals surface area contributed by atoms with E-state index in [0.29, 0.717) is 29.0 Å². The first-order valence-electron chi connectivity index (χ1n) is 11.3. The van der Waals surface area contributed by atoms with E-state index in [1.165, 1.54) is 22.4 Å². The van der Waals surface area contributed by atoms with Crippen LogP contribution in [0.4, 0.5) is 11.4 Å². The van der Waals surface area contributed by atoms with Gasteiger partial charge in [0.25, 0.3) is 10.0 Å². The monoisotopic (exact) mass is 500 g/mol. The summed E-state index contributed by atoms with van der Waals surface area (Å²) in [5, 5.41) is 2.71. The summed E-state index contributed by atoms with van der Waals surface area (Å²) in [7, 11) is -0.0846. The van der Waals surface area contributed by atoms with E-state index in [2.05, 4.69) is 5.32 Å². The zero-order valence-corrected chi connectivity index (χ0v) is 20.9. The average Bonchev–Trinajstić information content (AvgIpc) is 3.35. The van der Waals surface area contributed by atoms with E-state index in [1.54, 1.807) is 42.5 Å². The van der Waals surface area contributed by atoms with Gasteiger partial charge in [0, 0.05) is 25.0 Å². The number of hydrogen-bond acceptors (Lipinski definition) is 5. The lowest BCUT2D eigenvalue weighted by atomic mass is 10.0. The van der Waals surface area contributed by atoms with Gasteiger partial charge in [-0.15, -0.1) is 0 Å². The number of nitrogens with one attached hydrogen (secondary N) is 1. The number of nitrogens with zero attached hydrogens (tertiary/aromatic N) is 2. The highest BCUT2D eigenvalue weighted by Crippen LogP contribution is 2.28. The van der Waals surface area contributed by atoms with Crippen molar-refractivity contribution >= 4 is 33.4 Å². The molecule has 0 unspecified atom stereocenters. The standard InChI is InChI=1S/C28H28N4O3S/c1-31(2)20-24-14-13-23(22-8-4-3-5-9-22)18-27(24)36(34,35)32-17-16-21(19-32)12-15-28(33)30-26-11-7-6-10-25(26)29/h3-19H,20,29H2,1-2H3,(H,30,33)/b15-12+. The Balaban J connectivity index is 1.62. The predicted octanol–water partition coefficient (Wildman–Crippen LogP) is 4.69. The maximum Gasteiger partial charge on any atom is 0.267 e. The van der Waals surface area contributed by atoms with Crippen molar-refractivity contribution in [2.24, 2.45) is 0 Å². The number of carbonyl (C=O) groups excluding carboxylic acids is 1. The first-order chi connectivity index (χ1) is 17.2. The fourth-order valence-corrected chi connectivity index (χ4v) is 5.24. The van der Waals surface area contributed by atoms with Crippen LogP contribution < -0.4 is 11.1 Å². The second-order valence-corrected chi connectivity index (χ2v) is 10.4. The van der Waals surface area contributed by atoms with Gasteiger partial charge < -0.3 is 16.0 Å². The molecule has 1 aromatic heterocycles. The molecular weight excluding hydrogens is 472 g/mol. The quantitative estimate of drug-likeness (QED) is 0.270. The number of hydrogen-bond donors (Lipinski definition) is 2. The first kappa shape index (κ1) is 25.0. The summed E-state index contributed by atoms with van der Waals surface area (Å²) in [6, 6.07) is 23.8. The van der Waals surface area contributed by atoms with E-state index >= 15 is 0 Å². The normalized spacial score (nSPS) is 11.8. The zero-order chi connectivity index (χ0) is 25.7. The summed E-state index contributed by atoms with van der Waals surface area (Å²) in [6.45, 7) is 0.473. The van der Waals surface area contributed by atoms with Crippen LogP contribution in [0.3, 0.4) is 0 Å². The largest absolute Gasteiger partial charge is 0.397 e. The van der Waals surface area contributed by atoms with Crippen LogP contribution in [-0.4, -0.2) is 37.3 Å². The Hall–Kier alpha value is -4.14. The van der Waals surface area contributed by atoms with Crippen molar-refractivity contribution in [3.63, 3.8) is 0 Å². The molecule has 0 bridgehead atoms. The molecule has 0 fully saturated rings. The third-order valence-corrected chi connectivity index (χ3v) is 7.27. The summed E-state index contributed by atoms with van der Waals surface area (Å²) in [5.41, 5.74) is 9.86. The molecule has 3 aromatic carbocycles. The summed E-state index contributed by atoms with van der Waals surface area (Å²) >= 11 is 0. The number of benzene rings is 3. The van der Waals surface area contributed by atoms with Crippen LogP contribution in [-0.2, 0) is 21.4 Å². The molecule has 4 aromatic rings. The van der Waals surface area contributed by atoms with Crippen LogP contribution in [0.5, 0.6) is 0 Å². The van der Waals surface area contributed by atoms with E-state index in [1.807, 2.05) is 61.5 Å². The summed E-state index contributed by atoms with van der Waals surface area (Å²) in [6.07, 6.45) is 5.87. The van der Waals surface area contributed by atoms with E-state index in [-0.39, 0.29) is 10.8 Å². The fraction of sp³-hybridized carbons (Fsp3) is 0.107. The van der Waals surface area contributed by atoms with Gasteiger partial charge in [-0.2, -0.15) is 0 Å². The maximum absolute atomic E-state index is 13.7. The Morgan fingerprint density at radius 2 is 1.69 bits per heavy atom. The minimum atomic E-state index is -3.88. The molecule has 0 radical (unpaired) electrons. The van der Waals surface area contributed by atoms with Crippen LogP contribution in [0.2, 0.25) is 0 Å². The molecule has 1 heterocycles. The van der Waals surface area contributed by atoms with Crippen molar-refractivity contribution in [2.45, 2.75) is 11.4 Å². The number of para-hydroxylation sites is 2. The number of rotatable bonds is 8. The maximum atomic E-state index is 13.7. The molecular formula is C28H28N4O3S. The smallest absolute Gasteiger partial charge is 0.267 e. The molecule has 184 valence electrons. The van der Waals surface area contributed by atoms with Crippen molar-refractivity contribution in [1.29, 1.82) is 0 Å². The Morgan fingerprint density at radius 3 is 2.42 bits per heavy atom. The lowest BCUT2D eigenvalue weighted by Gasteiger charge is -2.16. The Bertz CT molecular complexity index is 1510. The number of carbonyl (C=O) groups is 1. The number of nitrogens with two attached hydrogens (primary N) is 1. The second-order valence-electron chi connectivity index (χ2n) is 8.62. The summed E-state index contributed by atoms with van der Waals surface area (Å²) in [4.78, 5) is 14.5. The zero-order valence-electron chi connectivity index (χ0n) is 20.1. The van der Waals surface area contributed by atoms with E-state index in [9.17, 15) is 13.2 Å². The highest BCUT2D eigenvalue weighted by atomic mass is 32.2. The van der Waals surface area contributed by atoms with Crippen LogP contribution >= 0.6 is 0 Å². The van der Waals surface area contributed by atoms with Gasteiger partial charge in [0.05, 0.1) is 16.3 Å². The molecule has 0 atom stereocenters. The van der Waals surface area contributed by atoms with E-state index < -0.39 is 10.0 Å². The third-order valence-electron chi connectivity index (χ3n) is 5.55. The van der Waals surface area contributed by atoms with Crippen molar-refractivity contribution in [2.75, 3.05) is 25.1 Å². The molecule has 1 amide bonds. The third kappa shape index (κ3) is 5.73. The second kappa shape index (κ2) is 10.6. The average molecular weight is 501 g/mol. The Labute approximate surface area is 211 Å². The van der Waals surface area contributed by atoms with E-state index in [0.717, 1.165) is 11.1 Å². The molecule has 0 aliphatic heterocycles. The van der Waals surface area contributed by atoms with Gasteiger partial charge >= 0.3 is 0 Å². The SMILES string of the molecule is CN(C)Cc1ccc(-c2ccccc2)cc1S(=O)(=O)n1ccc(/C=C/C(=O)Nc2ccccc2N)c1. The van der Waals surface area contributed by atoms with E-state index in [4.69, 9.17) is 5.73 Å². The van der Waals surface area contributed by atoms with Gasteiger partial charge in [-0.1, -0.05) is 54.6 Å². The van der Waals surface area contributed by atoms with Gasteiger partial charge in [-0.25, -0.2) is 12.4 Å². The van der Waals surface area contributed by atoms with Crippen molar-refractivity contribution in [3.8, 4) is 11.1 Å². The topological polar surface area (TPSA) is 97.4 Å². The first-order valence-corrected chi connectivity index (χ1v) is 12.8. The molecule has 0 saturated heterocycles. The molecule has 0 aliphatic rings. The van der Waals surface area contributed by atoms with Crippen LogP contribution in [0.15, 0.2) is 102 Å². The van der Waals surface area contributed by atoms with Gasteiger partial charge in [-0.3, -0.25) is 4.79 Å². The van der Waals surface area contributed by atoms with Gasteiger partial charge in [-0.05, 0) is 66.7 Å². The van der Waals surface area contributed by atoms with Crippen molar-refractivity contribution in [3.05, 3.63) is 108 Å². The number of aromatic nitrogens is 1. The molecule has 4 rings (SSSR count). The van der Waals surface area contributed by atoms with Crippen LogP contribution in [0.1, 0.15) is 11.1 Å². The molecule has 36 heavy (non-hydrogen) atoms. The molecule has 7 nitrogen and oxygen atoms in total. The Morgan fingerprint density at radius 1 is 0.972 bits per heavy atom. The highest BCUT2D eigenvalue weighted by Gasteiger charge is 2.22. The molecule has 3 N–H and O–H groups in total. The summed E-state index contributed by atoms with van der Waals surface area (Å²) < 4.78 is 28.5. The number of amides is 1. The lowest BCUT2D eigenvalue weighted by molar-refractivity contribution is -0.111. The van der Waals surface area contributed by atoms with Gasteiger partial charge in [0.2, 0.25) is 5.91 Å². The molecule has 8 heteroatoms. The lowest BCUT2D eigenvalue weighted by Crippen LogP contribution is -2.17. The van der Waals surface area contributed by atoms with Gasteiger partial charge in [0.1, 0.15) is 0 Å². The molecule has 0 saturated carbocycles. The van der Waals surface area contributed by atoms with Crippen LogP contribution in [0.25, 0.3) is 17.2 Å². The molecule has 0 aliphatic carbocycles. The minimum Gasteiger partial charge on any atom is -0.397 e. The predicted molar refractivity (Wildman–Crippen MR) is 145 cm³/mol. The van der Waals surface area contributed by atoms with Gasteiger partial charge in [0.15, 0.2) is 0 Å².